The second-order valence-electron chi connectivity index (χ2n) is 6.51. The average Bonchev–Trinajstić information content (AvgIpc) is 2.66. The van der Waals surface area contributed by atoms with Crippen LogP contribution in [0.2, 0.25) is 5.02 Å². The van der Waals surface area contributed by atoms with E-state index in [2.05, 4.69) is 0 Å². The Morgan fingerprint density at radius 1 is 1.03 bits per heavy atom. The minimum Gasteiger partial charge on any atom is -0.367 e. The van der Waals surface area contributed by atoms with Crippen molar-refractivity contribution in [1.29, 1.82) is 0 Å². The molecule has 0 radical (unpaired) electrons. The molecule has 0 unspecified atom stereocenters. The summed E-state index contributed by atoms with van der Waals surface area (Å²) < 4.78 is 63.3. The highest BCUT2D eigenvalue weighted by Crippen LogP contribution is 2.38. The van der Waals surface area contributed by atoms with Crippen molar-refractivity contribution in [2.75, 3.05) is 31.1 Å². The largest absolute Gasteiger partial charge is 0.418 e. The van der Waals surface area contributed by atoms with Gasteiger partial charge in [-0.1, -0.05) is 17.7 Å². The number of carbonyl (C=O) groups excluding carboxylic acids is 1. The first-order valence-corrected chi connectivity index (χ1v) is 10.4. The summed E-state index contributed by atoms with van der Waals surface area (Å²) in [6.45, 7) is 0.730. The van der Waals surface area contributed by atoms with Crippen LogP contribution in [0.15, 0.2) is 47.4 Å². The molecular formula is C18H17ClF3N3O3S. The zero-order chi connectivity index (χ0) is 21.4. The summed E-state index contributed by atoms with van der Waals surface area (Å²) in [5.74, 6) is -0.257. The monoisotopic (exact) mass is 447 g/mol. The maximum atomic E-state index is 13.5. The molecule has 11 heteroatoms. The summed E-state index contributed by atoms with van der Waals surface area (Å²) in [5.41, 5.74) is -0.835. The number of alkyl halides is 3. The molecule has 1 aliphatic rings. The molecule has 0 saturated carbocycles. The molecule has 1 fully saturated rings. The highest BCUT2D eigenvalue weighted by Gasteiger charge is 2.37. The van der Waals surface area contributed by atoms with Crippen LogP contribution < -0.4 is 10.0 Å². The Hall–Kier alpha value is -2.30. The summed E-state index contributed by atoms with van der Waals surface area (Å²) in [5, 5.41) is 5.37. The van der Waals surface area contributed by atoms with Gasteiger partial charge in [-0.25, -0.2) is 13.6 Å². The lowest BCUT2D eigenvalue weighted by molar-refractivity contribution is -0.137. The predicted molar refractivity (Wildman–Crippen MR) is 102 cm³/mol. The highest BCUT2D eigenvalue weighted by molar-refractivity contribution is 7.89. The number of nitrogens with two attached hydrogens (primary N) is 1. The van der Waals surface area contributed by atoms with E-state index in [1.165, 1.54) is 15.9 Å². The van der Waals surface area contributed by atoms with Crippen LogP contribution in [0.4, 0.5) is 18.9 Å². The lowest BCUT2D eigenvalue weighted by Crippen LogP contribution is -2.49. The summed E-state index contributed by atoms with van der Waals surface area (Å²) >= 11 is 5.90. The SMILES string of the molecule is NS(=O)(=O)c1ccc(N2CCN(C(=O)c3cccc(Cl)c3)CC2)c(C(F)(F)F)c1. The number of primary sulfonamides is 1. The molecule has 1 saturated heterocycles. The Labute approximate surface area is 170 Å². The molecular weight excluding hydrogens is 431 g/mol. The van der Waals surface area contributed by atoms with Crippen molar-refractivity contribution in [3.05, 3.63) is 58.6 Å². The number of piperazine rings is 1. The van der Waals surface area contributed by atoms with E-state index in [0.29, 0.717) is 16.7 Å². The Kier molecular flexibility index (Phi) is 5.79. The number of nitrogens with zero attached hydrogens (tertiary/aromatic N) is 2. The van der Waals surface area contributed by atoms with Crippen molar-refractivity contribution in [3.8, 4) is 0 Å². The Morgan fingerprint density at radius 2 is 1.69 bits per heavy atom. The number of halogens is 4. The molecule has 1 amide bonds. The zero-order valence-corrected chi connectivity index (χ0v) is 16.6. The van der Waals surface area contributed by atoms with Crippen molar-refractivity contribution < 1.29 is 26.4 Å². The molecule has 2 N–H and O–H groups in total. The third kappa shape index (κ3) is 4.82. The van der Waals surface area contributed by atoms with Crippen molar-refractivity contribution >= 4 is 33.2 Å². The molecule has 6 nitrogen and oxygen atoms in total. The smallest absolute Gasteiger partial charge is 0.367 e. The molecule has 0 aliphatic carbocycles. The Bertz CT molecular complexity index is 1040. The molecule has 1 heterocycles. The van der Waals surface area contributed by atoms with E-state index in [1.807, 2.05) is 0 Å². The van der Waals surface area contributed by atoms with Gasteiger partial charge in [-0.05, 0) is 36.4 Å². The topological polar surface area (TPSA) is 83.7 Å². The van der Waals surface area contributed by atoms with E-state index in [4.69, 9.17) is 16.7 Å². The number of hydrogen-bond donors (Lipinski definition) is 1. The van der Waals surface area contributed by atoms with Gasteiger partial charge in [0.25, 0.3) is 5.91 Å². The van der Waals surface area contributed by atoms with Gasteiger partial charge in [-0.15, -0.1) is 0 Å². The van der Waals surface area contributed by atoms with Gasteiger partial charge in [-0.3, -0.25) is 4.79 Å². The molecule has 0 spiro atoms. The first kappa shape index (κ1) is 21.4. The molecule has 0 aromatic heterocycles. The van der Waals surface area contributed by atoms with E-state index in [1.54, 1.807) is 18.2 Å². The van der Waals surface area contributed by atoms with E-state index < -0.39 is 26.7 Å². The molecule has 0 bridgehead atoms. The number of benzene rings is 2. The minimum absolute atomic E-state index is 0.153. The number of anilines is 1. The van der Waals surface area contributed by atoms with Crippen LogP contribution in [0.1, 0.15) is 15.9 Å². The molecule has 2 aromatic carbocycles. The average molecular weight is 448 g/mol. The third-order valence-corrected chi connectivity index (χ3v) is 5.73. The quantitative estimate of drug-likeness (QED) is 0.784. The van der Waals surface area contributed by atoms with Crippen LogP contribution in [0.5, 0.6) is 0 Å². The van der Waals surface area contributed by atoms with Crippen LogP contribution in [0, 0.1) is 0 Å². The third-order valence-electron chi connectivity index (χ3n) is 4.58. The van der Waals surface area contributed by atoms with E-state index in [-0.39, 0.29) is 37.8 Å². The first-order chi connectivity index (χ1) is 13.5. The van der Waals surface area contributed by atoms with Gasteiger partial charge in [0.15, 0.2) is 0 Å². The second kappa shape index (κ2) is 7.85. The van der Waals surface area contributed by atoms with Gasteiger partial charge in [0.1, 0.15) is 0 Å². The van der Waals surface area contributed by atoms with Gasteiger partial charge in [0.05, 0.1) is 10.5 Å². The van der Waals surface area contributed by atoms with Crippen molar-refractivity contribution in [3.63, 3.8) is 0 Å². The normalized spacial score (nSPS) is 15.5. The molecule has 3 rings (SSSR count). The summed E-state index contributed by atoms with van der Waals surface area (Å²) in [7, 11) is -4.27. The van der Waals surface area contributed by atoms with Gasteiger partial charge < -0.3 is 9.80 Å². The van der Waals surface area contributed by atoms with Gasteiger partial charge in [-0.2, -0.15) is 13.2 Å². The lowest BCUT2D eigenvalue weighted by Gasteiger charge is -2.37. The van der Waals surface area contributed by atoms with Crippen LogP contribution in [-0.4, -0.2) is 45.4 Å². The fraction of sp³-hybridized carbons (Fsp3) is 0.278. The van der Waals surface area contributed by atoms with E-state index >= 15 is 0 Å². The fourth-order valence-corrected chi connectivity index (χ4v) is 3.88. The predicted octanol–water partition coefficient (Wildman–Crippen LogP) is 2.97. The Morgan fingerprint density at radius 3 is 2.24 bits per heavy atom. The second-order valence-corrected chi connectivity index (χ2v) is 8.51. The first-order valence-electron chi connectivity index (χ1n) is 8.50. The number of amides is 1. The minimum atomic E-state index is -4.76. The van der Waals surface area contributed by atoms with Crippen LogP contribution >= 0.6 is 11.6 Å². The summed E-state index contributed by atoms with van der Waals surface area (Å²) in [4.78, 5) is 15.0. The number of rotatable bonds is 3. The molecule has 0 atom stereocenters. The van der Waals surface area contributed by atoms with Crippen LogP contribution in [0.3, 0.4) is 0 Å². The van der Waals surface area contributed by atoms with Crippen molar-refractivity contribution in [2.45, 2.75) is 11.1 Å². The number of sulfonamides is 1. The lowest BCUT2D eigenvalue weighted by atomic mass is 10.1. The highest BCUT2D eigenvalue weighted by atomic mass is 35.5. The summed E-state index contributed by atoms with van der Waals surface area (Å²) in [6, 6.07) is 9.11. The number of carbonyl (C=O) groups is 1. The maximum absolute atomic E-state index is 13.5. The van der Waals surface area contributed by atoms with Gasteiger partial charge in [0.2, 0.25) is 10.0 Å². The molecule has 1 aliphatic heterocycles. The van der Waals surface area contributed by atoms with E-state index in [0.717, 1.165) is 12.1 Å². The van der Waals surface area contributed by atoms with Crippen LogP contribution in [0.25, 0.3) is 0 Å². The standard InChI is InChI=1S/C18H17ClF3N3O3S/c19-13-3-1-2-12(10-13)17(26)25-8-6-24(7-9-25)16-5-4-14(29(23,27)28)11-15(16)18(20,21)22/h1-5,10-11H,6-9H2,(H2,23,27,28). The van der Waals surface area contributed by atoms with Gasteiger partial charge in [0, 0.05) is 42.5 Å². The van der Waals surface area contributed by atoms with Crippen molar-refractivity contribution in [1.82, 2.24) is 4.90 Å². The molecule has 29 heavy (non-hydrogen) atoms. The zero-order valence-electron chi connectivity index (χ0n) is 15.0. The van der Waals surface area contributed by atoms with E-state index in [9.17, 15) is 26.4 Å². The fourth-order valence-electron chi connectivity index (χ4n) is 3.15. The molecule has 156 valence electrons. The van der Waals surface area contributed by atoms with Gasteiger partial charge >= 0.3 is 6.18 Å². The van der Waals surface area contributed by atoms with Crippen molar-refractivity contribution in [2.24, 2.45) is 5.14 Å². The summed E-state index contributed by atoms with van der Waals surface area (Å²) in [6.07, 6.45) is -4.76. The maximum Gasteiger partial charge on any atom is 0.418 e. The Balaban J connectivity index is 1.81. The number of hydrogen-bond acceptors (Lipinski definition) is 4. The van der Waals surface area contributed by atoms with Crippen LogP contribution in [-0.2, 0) is 16.2 Å². The molecule has 2 aromatic rings.